The molecule has 0 unspecified atom stereocenters. The van der Waals surface area contributed by atoms with Gasteiger partial charge in [-0.1, -0.05) is 100 Å². The first kappa shape index (κ1) is 17.0. The summed E-state index contributed by atoms with van der Waals surface area (Å²) >= 11 is 0. The standard InChI is InChI=1S/C26H28Si/c1-3-5-17-27(18-6-4-2)23-15-9-13-21-19-11-7-8-12-20(19)22-14-10-16-24(27)26(22)25(21)23/h7-16H,3-6,17-18H2,1-2H3. The molecule has 0 atom stereocenters. The van der Waals surface area contributed by atoms with Crippen LogP contribution in [0.25, 0.3) is 32.3 Å². The van der Waals surface area contributed by atoms with Crippen molar-refractivity contribution < 1.29 is 0 Å². The molecule has 0 aliphatic carbocycles. The van der Waals surface area contributed by atoms with E-state index in [2.05, 4.69) is 74.5 Å². The lowest BCUT2D eigenvalue weighted by Crippen LogP contribution is -2.55. The van der Waals surface area contributed by atoms with Gasteiger partial charge in [0, 0.05) is 0 Å². The molecule has 0 saturated heterocycles. The summed E-state index contributed by atoms with van der Waals surface area (Å²) in [5.41, 5.74) is 0. The van der Waals surface area contributed by atoms with Crippen LogP contribution in [0.4, 0.5) is 0 Å². The minimum Gasteiger partial charge on any atom is -0.0654 e. The maximum Gasteiger partial charge on any atom is 0.119 e. The average molecular weight is 369 g/mol. The average Bonchev–Trinajstić information content (AvgIpc) is 3.01. The van der Waals surface area contributed by atoms with Crippen molar-refractivity contribution in [2.75, 3.05) is 0 Å². The van der Waals surface area contributed by atoms with Crippen LogP contribution in [0, 0.1) is 0 Å². The van der Waals surface area contributed by atoms with Gasteiger partial charge in [-0.2, -0.15) is 0 Å². The summed E-state index contributed by atoms with van der Waals surface area (Å²) in [4.78, 5) is 0. The van der Waals surface area contributed by atoms with E-state index in [4.69, 9.17) is 0 Å². The Morgan fingerprint density at radius 1 is 0.556 bits per heavy atom. The smallest absolute Gasteiger partial charge is 0.0654 e. The SMILES string of the molecule is CCCC[Si]1(CCCC)c2cccc3c4ccccc4c4cccc1c4c23. The lowest BCUT2D eigenvalue weighted by atomic mass is 9.95. The number of rotatable bonds is 6. The first-order valence-corrected chi connectivity index (χ1v) is 13.1. The second-order valence-corrected chi connectivity index (χ2v) is 12.5. The molecule has 0 fully saturated rings. The molecule has 0 nitrogen and oxygen atoms in total. The van der Waals surface area contributed by atoms with Gasteiger partial charge in [0.1, 0.15) is 8.07 Å². The zero-order valence-corrected chi connectivity index (χ0v) is 17.5. The third-order valence-corrected chi connectivity index (χ3v) is 12.1. The highest BCUT2D eigenvalue weighted by Gasteiger charge is 2.43. The monoisotopic (exact) mass is 368 g/mol. The lowest BCUT2D eigenvalue weighted by molar-refractivity contribution is 0.839. The molecule has 1 aliphatic rings. The fourth-order valence-electron chi connectivity index (χ4n) is 5.61. The lowest BCUT2D eigenvalue weighted by Gasteiger charge is -2.30. The minimum atomic E-state index is -1.68. The van der Waals surface area contributed by atoms with Gasteiger partial charge in [0.05, 0.1) is 0 Å². The zero-order valence-electron chi connectivity index (χ0n) is 16.5. The largest absolute Gasteiger partial charge is 0.119 e. The summed E-state index contributed by atoms with van der Waals surface area (Å²) in [5.74, 6) is 0. The normalized spacial score (nSPS) is 14.7. The van der Waals surface area contributed by atoms with E-state index in [1.807, 2.05) is 0 Å². The molecule has 136 valence electrons. The fourth-order valence-corrected chi connectivity index (χ4v) is 11.4. The molecule has 0 amide bonds. The summed E-state index contributed by atoms with van der Waals surface area (Å²) in [6.07, 6.45) is 5.31. The van der Waals surface area contributed by atoms with Gasteiger partial charge in [0.25, 0.3) is 0 Å². The summed E-state index contributed by atoms with van der Waals surface area (Å²) in [6, 6.07) is 26.2. The predicted octanol–water partition coefficient (Wildman–Crippen LogP) is 6.62. The molecule has 0 aromatic heterocycles. The summed E-state index contributed by atoms with van der Waals surface area (Å²) < 4.78 is 0. The van der Waals surface area contributed by atoms with Crippen molar-refractivity contribution in [2.24, 2.45) is 0 Å². The molecule has 1 heteroatoms. The molecular formula is C26H28Si. The van der Waals surface area contributed by atoms with Crippen LogP contribution in [0.1, 0.15) is 39.5 Å². The van der Waals surface area contributed by atoms with Crippen molar-refractivity contribution in [1.29, 1.82) is 0 Å². The molecule has 4 aromatic rings. The number of fused-ring (bicyclic) bond motifs is 3. The number of hydrogen-bond acceptors (Lipinski definition) is 0. The third-order valence-electron chi connectivity index (χ3n) is 6.83. The van der Waals surface area contributed by atoms with E-state index < -0.39 is 8.07 Å². The molecule has 0 spiro atoms. The molecule has 5 rings (SSSR count). The second kappa shape index (κ2) is 6.49. The van der Waals surface area contributed by atoms with Gasteiger partial charge in [-0.3, -0.25) is 0 Å². The Kier molecular flexibility index (Phi) is 4.09. The van der Waals surface area contributed by atoms with E-state index in [-0.39, 0.29) is 0 Å². The number of unbranched alkanes of at least 4 members (excludes halogenated alkanes) is 2. The van der Waals surface area contributed by atoms with E-state index >= 15 is 0 Å². The second-order valence-electron chi connectivity index (χ2n) is 8.29. The highest BCUT2D eigenvalue weighted by atomic mass is 28.3. The number of hydrogen-bond donors (Lipinski definition) is 0. The quantitative estimate of drug-likeness (QED) is 0.265. The summed E-state index contributed by atoms with van der Waals surface area (Å²) in [5, 5.41) is 12.5. The van der Waals surface area contributed by atoms with Crippen LogP contribution in [0.3, 0.4) is 0 Å². The van der Waals surface area contributed by atoms with Gasteiger partial charge in [-0.15, -0.1) is 0 Å². The van der Waals surface area contributed by atoms with Crippen LogP contribution >= 0.6 is 0 Å². The van der Waals surface area contributed by atoms with Crippen LogP contribution < -0.4 is 10.4 Å². The Labute approximate surface area is 163 Å². The van der Waals surface area contributed by atoms with E-state index in [1.54, 1.807) is 21.1 Å². The van der Waals surface area contributed by atoms with Crippen molar-refractivity contribution in [2.45, 2.75) is 51.6 Å². The van der Waals surface area contributed by atoms with Gasteiger partial charge < -0.3 is 0 Å². The van der Waals surface area contributed by atoms with Gasteiger partial charge in [-0.25, -0.2) is 0 Å². The topological polar surface area (TPSA) is 0 Å². The summed E-state index contributed by atoms with van der Waals surface area (Å²) in [6.45, 7) is 4.69. The number of benzene rings is 4. The molecular weight excluding hydrogens is 340 g/mol. The minimum absolute atomic E-state index is 1.30. The maximum atomic E-state index is 2.49. The Morgan fingerprint density at radius 3 is 1.44 bits per heavy atom. The highest BCUT2D eigenvalue weighted by molar-refractivity contribution is 7.07. The third kappa shape index (κ3) is 2.27. The Morgan fingerprint density at radius 2 is 1.00 bits per heavy atom. The highest BCUT2D eigenvalue weighted by Crippen LogP contribution is 2.40. The van der Waals surface area contributed by atoms with Crippen LogP contribution in [0.15, 0.2) is 60.7 Å². The van der Waals surface area contributed by atoms with Crippen LogP contribution in [0.2, 0.25) is 12.1 Å². The van der Waals surface area contributed by atoms with Gasteiger partial charge in [0.15, 0.2) is 0 Å². The van der Waals surface area contributed by atoms with Gasteiger partial charge in [0.2, 0.25) is 0 Å². The zero-order chi connectivity index (χ0) is 18.4. The van der Waals surface area contributed by atoms with Crippen molar-refractivity contribution >= 4 is 50.8 Å². The molecule has 0 N–H and O–H groups in total. The van der Waals surface area contributed by atoms with E-state index in [0.717, 1.165) is 0 Å². The van der Waals surface area contributed by atoms with Crippen LogP contribution in [-0.2, 0) is 0 Å². The van der Waals surface area contributed by atoms with E-state index in [1.165, 1.54) is 59.3 Å². The van der Waals surface area contributed by atoms with E-state index in [9.17, 15) is 0 Å². The van der Waals surface area contributed by atoms with Crippen molar-refractivity contribution in [3.05, 3.63) is 60.7 Å². The van der Waals surface area contributed by atoms with Crippen molar-refractivity contribution in [3.63, 3.8) is 0 Å². The molecule has 0 radical (unpaired) electrons. The van der Waals surface area contributed by atoms with Gasteiger partial charge >= 0.3 is 0 Å². The van der Waals surface area contributed by atoms with Crippen molar-refractivity contribution in [3.8, 4) is 0 Å². The van der Waals surface area contributed by atoms with E-state index in [0.29, 0.717) is 0 Å². The fraction of sp³-hybridized carbons (Fsp3) is 0.308. The Hall–Kier alpha value is -2.12. The first-order valence-electron chi connectivity index (χ1n) is 10.7. The van der Waals surface area contributed by atoms with Crippen LogP contribution in [-0.4, -0.2) is 8.07 Å². The molecule has 0 saturated carbocycles. The molecule has 27 heavy (non-hydrogen) atoms. The Balaban J connectivity index is 1.95. The summed E-state index contributed by atoms with van der Waals surface area (Å²) in [7, 11) is -1.68. The van der Waals surface area contributed by atoms with Crippen molar-refractivity contribution in [1.82, 2.24) is 0 Å². The molecule has 1 heterocycles. The van der Waals surface area contributed by atoms with Crippen LogP contribution in [0.5, 0.6) is 0 Å². The Bertz CT molecular complexity index is 1060. The van der Waals surface area contributed by atoms with Gasteiger partial charge in [-0.05, 0) is 54.8 Å². The molecule has 0 bridgehead atoms. The first-order chi connectivity index (χ1) is 13.3. The predicted molar refractivity (Wildman–Crippen MR) is 123 cm³/mol. The molecule has 1 aliphatic heterocycles. The maximum absolute atomic E-state index is 2.49. The molecule has 4 aromatic carbocycles.